The number of hydrogen-bond acceptors (Lipinski definition) is 3. The summed E-state index contributed by atoms with van der Waals surface area (Å²) in [6, 6.07) is 38.0. The van der Waals surface area contributed by atoms with Gasteiger partial charge in [0.2, 0.25) is 5.91 Å². The van der Waals surface area contributed by atoms with Crippen molar-refractivity contribution in [2.75, 3.05) is 12.0 Å². The van der Waals surface area contributed by atoms with Crippen LogP contribution in [0, 0.1) is 0 Å². The Labute approximate surface area is 199 Å². The van der Waals surface area contributed by atoms with E-state index in [1.165, 1.54) is 0 Å². The zero-order valence-corrected chi connectivity index (χ0v) is 18.8. The zero-order valence-electron chi connectivity index (χ0n) is 18.8. The Bertz CT molecular complexity index is 1310. The van der Waals surface area contributed by atoms with Gasteiger partial charge in [0.05, 0.1) is 18.9 Å². The van der Waals surface area contributed by atoms with Crippen molar-refractivity contribution in [3.63, 3.8) is 0 Å². The summed E-state index contributed by atoms with van der Waals surface area (Å²) in [5.74, 6) is 0.827. The van der Waals surface area contributed by atoms with Crippen molar-refractivity contribution in [2.24, 2.45) is 4.99 Å². The van der Waals surface area contributed by atoms with Crippen molar-refractivity contribution in [3.05, 3.63) is 132 Å². The zero-order chi connectivity index (χ0) is 23.1. The SMILES string of the molecule is COc1ccc(N2C(=O)C(c3ccccc3)(c3ccccc3)C2C2N=C2c2ccccc2)cc1. The monoisotopic (exact) mass is 444 g/mol. The van der Waals surface area contributed by atoms with Gasteiger partial charge in [-0.2, -0.15) is 0 Å². The van der Waals surface area contributed by atoms with E-state index in [4.69, 9.17) is 9.73 Å². The van der Waals surface area contributed by atoms with E-state index in [0.717, 1.165) is 33.8 Å². The maximum Gasteiger partial charge on any atom is 0.244 e. The number of aliphatic imine (C=N–C) groups is 1. The molecule has 4 heteroatoms. The van der Waals surface area contributed by atoms with Gasteiger partial charge in [0.25, 0.3) is 0 Å². The standard InChI is InChI=1S/C30H24N2O2/c1-34-25-19-17-24(18-20-25)32-28(27-26(31-27)21-11-5-2-6-12-21)30(29(32)33,22-13-7-3-8-14-22)23-15-9-4-10-16-23/h2-20,27-28H,1H3. The molecule has 2 heterocycles. The molecule has 0 radical (unpaired) electrons. The molecule has 1 fully saturated rings. The fourth-order valence-corrected chi connectivity index (χ4v) is 5.31. The molecular weight excluding hydrogens is 420 g/mol. The number of nitrogens with zero attached hydrogens (tertiary/aromatic N) is 2. The maximum absolute atomic E-state index is 14.3. The number of rotatable bonds is 6. The Balaban J connectivity index is 1.50. The first-order valence-corrected chi connectivity index (χ1v) is 11.5. The van der Waals surface area contributed by atoms with E-state index in [2.05, 4.69) is 36.4 Å². The van der Waals surface area contributed by atoms with Crippen LogP contribution >= 0.6 is 0 Å². The normalized spacial score (nSPS) is 20.3. The third kappa shape index (κ3) is 2.99. The Kier molecular flexibility index (Phi) is 4.80. The van der Waals surface area contributed by atoms with Gasteiger partial charge in [-0.05, 0) is 41.0 Å². The first-order chi connectivity index (χ1) is 16.7. The summed E-state index contributed by atoms with van der Waals surface area (Å²) >= 11 is 0. The summed E-state index contributed by atoms with van der Waals surface area (Å²) in [5.41, 5.74) is 4.19. The molecule has 166 valence electrons. The largest absolute Gasteiger partial charge is 0.497 e. The fraction of sp³-hybridized carbons (Fsp3) is 0.133. The highest BCUT2D eigenvalue weighted by atomic mass is 16.5. The van der Waals surface area contributed by atoms with Crippen LogP contribution in [0.15, 0.2) is 120 Å². The second kappa shape index (κ2) is 7.99. The van der Waals surface area contributed by atoms with Gasteiger partial charge < -0.3 is 9.64 Å². The van der Waals surface area contributed by atoms with Crippen molar-refractivity contribution in [1.82, 2.24) is 0 Å². The van der Waals surface area contributed by atoms with Gasteiger partial charge >= 0.3 is 0 Å². The first-order valence-electron chi connectivity index (χ1n) is 11.5. The Morgan fingerprint density at radius 2 is 1.26 bits per heavy atom. The van der Waals surface area contributed by atoms with Crippen LogP contribution in [-0.2, 0) is 10.2 Å². The number of ether oxygens (including phenoxy) is 1. The van der Waals surface area contributed by atoms with E-state index in [9.17, 15) is 4.79 Å². The summed E-state index contributed by atoms with van der Waals surface area (Å²) in [4.78, 5) is 21.1. The lowest BCUT2D eigenvalue weighted by Gasteiger charge is -2.56. The number of anilines is 1. The highest BCUT2D eigenvalue weighted by molar-refractivity contribution is 6.20. The second-order valence-corrected chi connectivity index (χ2v) is 8.68. The molecule has 0 saturated carbocycles. The van der Waals surface area contributed by atoms with Crippen LogP contribution in [0.1, 0.15) is 16.7 Å². The molecule has 2 aliphatic heterocycles. The smallest absolute Gasteiger partial charge is 0.244 e. The summed E-state index contributed by atoms with van der Waals surface area (Å²) < 4.78 is 5.34. The van der Waals surface area contributed by atoms with E-state index in [-0.39, 0.29) is 18.0 Å². The molecule has 0 spiro atoms. The van der Waals surface area contributed by atoms with E-state index in [1.54, 1.807) is 7.11 Å². The minimum Gasteiger partial charge on any atom is -0.497 e. The molecule has 6 rings (SSSR count). The summed E-state index contributed by atoms with van der Waals surface area (Å²) in [7, 11) is 1.65. The summed E-state index contributed by atoms with van der Waals surface area (Å²) in [6.45, 7) is 0. The van der Waals surface area contributed by atoms with Gasteiger partial charge in [0.15, 0.2) is 0 Å². The molecule has 34 heavy (non-hydrogen) atoms. The van der Waals surface area contributed by atoms with E-state index < -0.39 is 5.41 Å². The van der Waals surface area contributed by atoms with Crippen molar-refractivity contribution in [2.45, 2.75) is 17.5 Å². The highest BCUT2D eigenvalue weighted by Gasteiger charge is 2.68. The van der Waals surface area contributed by atoms with Gasteiger partial charge in [-0.1, -0.05) is 91.0 Å². The van der Waals surface area contributed by atoms with Gasteiger partial charge in [-0.15, -0.1) is 0 Å². The summed E-state index contributed by atoms with van der Waals surface area (Å²) in [5, 5.41) is 0. The van der Waals surface area contributed by atoms with E-state index in [0.29, 0.717) is 0 Å². The molecule has 2 atom stereocenters. The van der Waals surface area contributed by atoms with Crippen LogP contribution in [-0.4, -0.2) is 30.8 Å². The second-order valence-electron chi connectivity index (χ2n) is 8.68. The minimum atomic E-state index is -0.812. The predicted molar refractivity (Wildman–Crippen MR) is 135 cm³/mol. The van der Waals surface area contributed by atoms with Gasteiger partial charge in [0.1, 0.15) is 17.2 Å². The average molecular weight is 445 g/mol. The molecule has 4 aromatic rings. The molecule has 0 aliphatic carbocycles. The van der Waals surface area contributed by atoms with Gasteiger partial charge in [-0.3, -0.25) is 9.79 Å². The molecule has 0 bridgehead atoms. The summed E-state index contributed by atoms with van der Waals surface area (Å²) in [6.07, 6.45) is 0. The molecule has 0 N–H and O–H groups in total. The van der Waals surface area contributed by atoms with Crippen molar-refractivity contribution in [3.8, 4) is 5.75 Å². The lowest BCUT2D eigenvalue weighted by atomic mass is 9.59. The first kappa shape index (κ1) is 20.4. The Morgan fingerprint density at radius 3 is 1.79 bits per heavy atom. The third-order valence-corrected chi connectivity index (χ3v) is 6.95. The number of amides is 1. The number of benzene rings is 4. The molecule has 1 amide bonds. The quantitative estimate of drug-likeness (QED) is 0.380. The van der Waals surface area contributed by atoms with Crippen molar-refractivity contribution >= 4 is 17.3 Å². The van der Waals surface area contributed by atoms with Gasteiger partial charge in [-0.25, -0.2) is 0 Å². The fourth-order valence-electron chi connectivity index (χ4n) is 5.31. The molecule has 4 nitrogen and oxygen atoms in total. The van der Waals surface area contributed by atoms with Gasteiger partial charge in [0, 0.05) is 5.69 Å². The molecule has 4 aromatic carbocycles. The highest BCUT2D eigenvalue weighted by Crippen LogP contribution is 2.53. The Hall–Kier alpha value is -4.18. The maximum atomic E-state index is 14.3. The predicted octanol–water partition coefficient (Wildman–Crippen LogP) is 5.27. The van der Waals surface area contributed by atoms with Crippen molar-refractivity contribution in [1.29, 1.82) is 0 Å². The van der Waals surface area contributed by atoms with E-state index in [1.807, 2.05) is 83.8 Å². The van der Waals surface area contributed by atoms with Crippen molar-refractivity contribution < 1.29 is 9.53 Å². The minimum absolute atomic E-state index is 0.0644. The number of β-lactam (4-membered cyclic amide) rings is 1. The van der Waals surface area contributed by atoms with Crippen LogP contribution in [0.4, 0.5) is 5.69 Å². The molecule has 2 unspecified atom stereocenters. The lowest BCUT2D eigenvalue weighted by Crippen LogP contribution is -2.75. The van der Waals surface area contributed by atoms with Crippen LogP contribution in [0.3, 0.4) is 0 Å². The van der Waals surface area contributed by atoms with Crippen LogP contribution in [0.25, 0.3) is 0 Å². The van der Waals surface area contributed by atoms with Crippen LogP contribution in [0.5, 0.6) is 5.75 Å². The van der Waals surface area contributed by atoms with Crippen LogP contribution < -0.4 is 9.64 Å². The number of carbonyl (C=O) groups is 1. The third-order valence-electron chi connectivity index (χ3n) is 6.95. The van der Waals surface area contributed by atoms with E-state index >= 15 is 0 Å². The lowest BCUT2D eigenvalue weighted by molar-refractivity contribution is -0.130. The molecule has 2 aliphatic rings. The number of hydrogen-bond donors (Lipinski definition) is 0. The molecule has 0 aromatic heterocycles. The van der Waals surface area contributed by atoms with Crippen LogP contribution in [0.2, 0.25) is 0 Å². The topological polar surface area (TPSA) is 41.9 Å². The Morgan fingerprint density at radius 1 is 0.735 bits per heavy atom. The molecule has 1 saturated heterocycles. The number of carbonyl (C=O) groups excluding carboxylic acids is 1. The molecular formula is C30H24N2O2. The number of methoxy groups -OCH3 is 1. The average Bonchev–Trinajstić information content (AvgIpc) is 3.70.